The number of benzene rings is 6. The lowest BCUT2D eigenvalue weighted by atomic mass is 10.2. The van der Waals surface area contributed by atoms with Crippen molar-refractivity contribution in [3.63, 3.8) is 0 Å². The van der Waals surface area contributed by atoms with Gasteiger partial charge in [0.05, 0.1) is 51.8 Å². The maximum atomic E-state index is 11.4. The number of carbonyl (C=O) groups excluding carboxylic acids is 1. The van der Waals surface area contributed by atoms with E-state index < -0.39 is 40.5 Å². The molecular formula is C88H115BrClN21O17S4. The zero-order chi connectivity index (χ0) is 97.7. The highest BCUT2D eigenvalue weighted by atomic mass is 79.9. The van der Waals surface area contributed by atoms with Crippen LogP contribution in [0.1, 0.15) is 59.9 Å². The van der Waals surface area contributed by atoms with E-state index in [1.165, 1.54) is 39.3 Å². The number of para-hydroxylation sites is 1. The Hall–Kier alpha value is -12.2. The third kappa shape index (κ3) is 49.7. The van der Waals surface area contributed by atoms with Gasteiger partial charge in [0.15, 0.2) is 62.0 Å². The lowest BCUT2D eigenvalue weighted by Gasteiger charge is -2.15. The molecule has 132 heavy (non-hydrogen) atoms. The van der Waals surface area contributed by atoms with Gasteiger partial charge >= 0.3 is 0 Å². The maximum absolute atomic E-state index is 11.4. The van der Waals surface area contributed by atoms with Crippen LogP contribution in [0.3, 0.4) is 0 Å². The first kappa shape index (κ1) is 116. The molecule has 0 bridgehead atoms. The Morgan fingerprint density at radius 1 is 0.394 bits per heavy atom. The van der Waals surface area contributed by atoms with Crippen molar-refractivity contribution < 1.29 is 117 Å². The number of unbranched alkanes of at least 4 members (excludes halogenated alkanes) is 1. The van der Waals surface area contributed by atoms with Crippen molar-refractivity contribution in [2.45, 2.75) is 80.9 Å². The number of hydrogen-bond donors (Lipinski definition) is 2. The minimum atomic E-state index is -3.72. The molecule has 11 aromatic rings. The minimum absolute atomic E-state index is 0. The normalized spacial score (nSPS) is 11.0. The quantitative estimate of drug-likeness (QED) is 0.0199. The molecule has 44 heteroatoms. The molecule has 0 fully saturated rings. The second-order valence-electron chi connectivity index (χ2n) is 28.4. The number of nitrogens with one attached hydrogen (secondary N) is 2. The van der Waals surface area contributed by atoms with Crippen LogP contribution in [-0.4, -0.2) is 120 Å². The average Bonchev–Trinajstić information content (AvgIpc) is 0.832. The summed E-state index contributed by atoms with van der Waals surface area (Å²) in [6.07, 6.45) is 23.5. The smallest absolute Gasteiger partial charge is 0.258 e. The van der Waals surface area contributed by atoms with E-state index in [0.717, 1.165) is 99.1 Å². The van der Waals surface area contributed by atoms with Crippen LogP contribution in [0, 0.1) is 6.92 Å². The summed E-state index contributed by atoms with van der Waals surface area (Å²) >= 11 is 6.19. The van der Waals surface area contributed by atoms with Gasteiger partial charge in [-0.2, -0.15) is 15.3 Å². The number of azo groups is 5. The van der Waals surface area contributed by atoms with Crippen molar-refractivity contribution in [2.75, 3.05) is 111 Å². The molecule has 0 unspecified atom stereocenters. The predicted octanol–water partition coefficient (Wildman–Crippen LogP) is 10.5. The van der Waals surface area contributed by atoms with E-state index in [1.54, 1.807) is 0 Å². The number of aryl methyl sites for hydroxylation is 6. The van der Waals surface area contributed by atoms with Gasteiger partial charge in [-0.1, -0.05) is 43.1 Å². The number of pyridine rings is 5. The van der Waals surface area contributed by atoms with Gasteiger partial charge in [0.2, 0.25) is 5.91 Å². The highest BCUT2D eigenvalue weighted by Crippen LogP contribution is 2.33. The molecule has 0 aliphatic carbocycles. The maximum Gasteiger partial charge on any atom is 0.258 e. The fourth-order valence-electron chi connectivity index (χ4n) is 9.68. The van der Waals surface area contributed by atoms with Gasteiger partial charge in [0.1, 0.15) is 73.5 Å². The predicted molar refractivity (Wildman–Crippen MR) is 499 cm³/mol. The molecule has 0 radical (unpaired) electrons. The van der Waals surface area contributed by atoms with Crippen LogP contribution in [0.15, 0.2) is 307 Å². The molecule has 5 aromatic heterocycles. The Kier molecular flexibility index (Phi) is 53.9. The number of halogens is 2. The number of amides is 1. The first-order valence-corrected chi connectivity index (χ1v) is 47.3. The molecule has 0 spiro atoms. The third-order valence-corrected chi connectivity index (χ3v) is 19.3. The summed E-state index contributed by atoms with van der Waals surface area (Å²) in [4.78, 5) is 19.5. The van der Waals surface area contributed by atoms with Gasteiger partial charge in [0.25, 0.3) is 40.5 Å². The Labute approximate surface area is 789 Å². The summed E-state index contributed by atoms with van der Waals surface area (Å²) in [6.45, 7) is 15.4. The highest BCUT2D eigenvalue weighted by molar-refractivity contribution is 7.87. The van der Waals surface area contributed by atoms with Crippen LogP contribution in [0.2, 0.25) is 5.02 Å². The Morgan fingerprint density at radius 3 is 1.09 bits per heavy atom. The molecule has 0 aliphatic heterocycles. The van der Waals surface area contributed by atoms with Crippen LogP contribution < -0.4 is 91.1 Å². The van der Waals surface area contributed by atoms with E-state index in [2.05, 4.69) is 144 Å². The SMILES string of the molecule is CCCC[n+]1cccc(N=Nc2ccc(N(C)C)cc2C)c1.CCS(=O)(=O)O[O-].CCS(=O)(=O)O[O-].CC[n+]1cccc(N=Nc2ccc(N(C)C)cc2)c1.CC[n+]1cccc(N=Nc2ccc(N(C)C)cc2NC(C)=O)c1.CN(C)c1ccc(N=Nc2ccc[n+](C)c2)c(Cl)c1.CS(=O)(=O)O[O-].CS(=O)(=O)O[O-].C[n+]1cccc(N=Nc2ccc(Nc3ccccc3)cc2)c1.[Br-]. The summed E-state index contributed by atoms with van der Waals surface area (Å²) in [6, 6.07) is 63.0. The Morgan fingerprint density at radius 2 is 0.727 bits per heavy atom. The zero-order valence-electron chi connectivity index (χ0n) is 77.0. The molecule has 0 atom stereocenters. The molecule has 0 aliphatic rings. The van der Waals surface area contributed by atoms with Gasteiger partial charge in [-0.25, -0.2) is 56.5 Å². The van der Waals surface area contributed by atoms with E-state index >= 15 is 0 Å². The van der Waals surface area contributed by atoms with Crippen LogP contribution in [0.5, 0.6) is 0 Å². The number of rotatable bonds is 28. The largest absolute Gasteiger partial charge is 1.00 e. The van der Waals surface area contributed by atoms with Crippen molar-refractivity contribution in [1.29, 1.82) is 0 Å². The molecule has 712 valence electrons. The molecule has 0 saturated carbocycles. The number of nitrogens with zero attached hydrogens (tertiary/aromatic N) is 19. The number of aromatic nitrogens is 5. The molecular weight excluding hydrogens is 1870 g/mol. The van der Waals surface area contributed by atoms with Gasteiger partial charge in [-0.15, -0.1) is 35.8 Å². The molecule has 38 nitrogen and oxygen atoms in total. The van der Waals surface area contributed by atoms with Crippen molar-refractivity contribution >= 4 is 155 Å². The van der Waals surface area contributed by atoms with Gasteiger partial charge in [-0.3, -0.25) is 4.79 Å². The standard InChI is InChI=1S/C18H17N4.C18H25N4.C17H21N5O.C15H19N4.C14H16ClN4.2C2H6O4S.2CH4O4S.BrH/c1-22-13-5-8-18(14-22)21-20-17-11-9-16(10-12-17)19-15-6-3-2-4-7-15;1-5-6-11-22-12-7-8-16(14-22)19-20-18-10-9-17(21(3)4)13-15(18)2;1-5-22-10-6-7-14(12-22)19-20-16-9-8-15(21(3)4)11-17(16)18-13(2)23;1-4-19-11-5-6-14(12-19)17-16-13-7-9-15(10-8-13)18(2)3;1-18(2)12-6-7-14(13(15)9-12)17-16-11-5-4-8-19(3)10-11;2*1-2-7(4,5)6-3;2*1-6(3,4)5-2;/h2-14,19H,1H3;7-10,12-14H,5-6,11H2,1-4H3;6-12H,5H2,1-4H3;5-12H,4H2,1-3H3;4-10H,1-3H3;2*3H,2H2,1H3;2*2H,1H3;1H/q2*+1;;2*+1;;;;;/p-4. The lowest BCUT2D eigenvalue weighted by Crippen LogP contribution is -3.00. The number of carbonyl (C=O) groups is 1. The molecule has 0 saturated heterocycles. The van der Waals surface area contributed by atoms with E-state index in [1.807, 2.05) is 332 Å². The van der Waals surface area contributed by atoms with Crippen LogP contribution in [0.25, 0.3) is 0 Å². The number of anilines is 7. The summed E-state index contributed by atoms with van der Waals surface area (Å²) in [5, 5.41) is 85.3. The molecule has 11 rings (SSSR count). The second-order valence-corrected chi connectivity index (χ2v) is 35.5. The topological polar surface area (TPSA) is 463 Å². The summed E-state index contributed by atoms with van der Waals surface area (Å²) in [5.41, 5.74) is 16.2. The van der Waals surface area contributed by atoms with E-state index in [-0.39, 0.29) is 34.4 Å². The van der Waals surface area contributed by atoms with E-state index in [9.17, 15) is 38.5 Å². The summed E-state index contributed by atoms with van der Waals surface area (Å²) < 4.78 is 98.3. The number of hydrogen-bond acceptors (Lipinski definition) is 32. The molecule has 2 N–H and O–H groups in total. The fourth-order valence-corrected chi connectivity index (χ4v) is 10.1. The van der Waals surface area contributed by atoms with Crippen LogP contribution >= 0.6 is 11.6 Å². The van der Waals surface area contributed by atoms with Gasteiger partial charge in [0, 0.05) is 134 Å². The summed E-state index contributed by atoms with van der Waals surface area (Å²) in [7, 11) is 4.98. The molecule has 1 amide bonds. The van der Waals surface area contributed by atoms with Gasteiger partial charge in [-0.05, 0) is 186 Å². The molecule has 5 heterocycles. The first-order valence-electron chi connectivity index (χ1n) is 40.1. The summed E-state index contributed by atoms with van der Waals surface area (Å²) in [5.74, 6) is -0.673. The van der Waals surface area contributed by atoms with E-state index in [4.69, 9.17) is 32.6 Å². The fraction of sp³-hybridized carbons (Fsp3) is 0.295. The lowest BCUT2D eigenvalue weighted by molar-refractivity contribution is -0.696. The minimum Gasteiger partial charge on any atom is -1.00 e. The Bertz CT molecular complexity index is 5880. The highest BCUT2D eigenvalue weighted by Gasteiger charge is 2.11. The Balaban J connectivity index is 0.000000522. The van der Waals surface area contributed by atoms with Crippen molar-refractivity contribution in [3.05, 3.63) is 267 Å². The molecule has 6 aromatic carbocycles. The zero-order valence-corrected chi connectivity index (χ0v) is 82.6. The first-order chi connectivity index (χ1) is 62.0. The van der Waals surface area contributed by atoms with Gasteiger partial charge < -0.3 is 85.6 Å². The van der Waals surface area contributed by atoms with Crippen LogP contribution in [-0.2, 0) is 96.3 Å². The van der Waals surface area contributed by atoms with Crippen molar-refractivity contribution in [1.82, 2.24) is 0 Å². The van der Waals surface area contributed by atoms with Crippen molar-refractivity contribution in [3.8, 4) is 0 Å². The van der Waals surface area contributed by atoms with Crippen LogP contribution in [0.4, 0.5) is 96.7 Å². The van der Waals surface area contributed by atoms with Crippen molar-refractivity contribution in [2.24, 2.45) is 65.2 Å². The monoisotopic (exact) mass is 1980 g/mol. The average molecular weight is 1980 g/mol. The third-order valence-electron chi connectivity index (χ3n) is 16.7. The second kappa shape index (κ2) is 61.4. The van der Waals surface area contributed by atoms with E-state index in [0.29, 0.717) is 34.6 Å².